The van der Waals surface area contributed by atoms with E-state index in [4.69, 9.17) is 11.6 Å². The lowest BCUT2D eigenvalue weighted by molar-refractivity contribution is -0.124. The van der Waals surface area contributed by atoms with Crippen molar-refractivity contribution >= 4 is 62.5 Å². The third-order valence-electron chi connectivity index (χ3n) is 5.65. The van der Waals surface area contributed by atoms with Crippen molar-refractivity contribution in [2.45, 2.75) is 23.6 Å². The van der Waals surface area contributed by atoms with Crippen molar-refractivity contribution in [2.24, 2.45) is 0 Å². The molecule has 0 saturated carbocycles. The number of para-hydroxylation sites is 1. The van der Waals surface area contributed by atoms with Crippen LogP contribution in [0.3, 0.4) is 0 Å². The smallest absolute Gasteiger partial charge is 0.269 e. The molecule has 3 aromatic carbocycles. The fraction of sp³-hybridized carbons (Fsp3) is 0.167. The van der Waals surface area contributed by atoms with Crippen LogP contribution >= 0.6 is 39.3 Å². The number of amides is 2. The van der Waals surface area contributed by atoms with Crippen molar-refractivity contribution in [3.8, 4) is 0 Å². The molecule has 0 aromatic heterocycles. The van der Waals surface area contributed by atoms with Crippen molar-refractivity contribution in [1.82, 2.24) is 0 Å². The molecule has 3 aromatic rings. The Labute approximate surface area is 198 Å². The lowest BCUT2D eigenvalue weighted by Crippen LogP contribution is -2.49. The van der Waals surface area contributed by atoms with Gasteiger partial charge in [0.2, 0.25) is 10.8 Å². The second kappa shape index (κ2) is 7.69. The SMILES string of the molecule is CC1SC2(C(=O)N(Cc3ccc(Cl)cc3)c3ccccc32)N(c2cccc(Br)c2)C1=O. The second-order valence-corrected chi connectivity index (χ2v) is 10.5. The van der Waals surface area contributed by atoms with Crippen molar-refractivity contribution in [3.05, 3.63) is 93.4 Å². The molecule has 2 unspecified atom stereocenters. The summed E-state index contributed by atoms with van der Waals surface area (Å²) in [5, 5.41) is 0.312. The highest BCUT2D eigenvalue weighted by atomic mass is 79.9. The predicted octanol–water partition coefficient (Wildman–Crippen LogP) is 5.97. The minimum absolute atomic E-state index is 0.0698. The zero-order valence-electron chi connectivity index (χ0n) is 16.6. The zero-order chi connectivity index (χ0) is 21.8. The van der Waals surface area contributed by atoms with Gasteiger partial charge in [-0.2, -0.15) is 0 Å². The Morgan fingerprint density at radius 3 is 2.52 bits per heavy atom. The maximum Gasteiger partial charge on any atom is 0.269 e. The van der Waals surface area contributed by atoms with Gasteiger partial charge in [-0.25, -0.2) is 0 Å². The van der Waals surface area contributed by atoms with E-state index in [0.717, 1.165) is 21.3 Å². The number of nitrogens with zero attached hydrogens (tertiary/aromatic N) is 2. The van der Waals surface area contributed by atoms with E-state index < -0.39 is 4.87 Å². The fourth-order valence-corrected chi connectivity index (χ4v) is 6.33. The summed E-state index contributed by atoms with van der Waals surface area (Å²) in [4.78, 5) is 29.8. The first-order valence-electron chi connectivity index (χ1n) is 9.85. The Kier molecular flexibility index (Phi) is 5.12. The van der Waals surface area contributed by atoms with E-state index in [9.17, 15) is 9.59 Å². The van der Waals surface area contributed by atoms with Crippen molar-refractivity contribution in [2.75, 3.05) is 9.80 Å². The van der Waals surface area contributed by atoms with Crippen LogP contribution in [0, 0.1) is 0 Å². The normalized spacial score (nSPS) is 22.5. The molecule has 0 N–H and O–H groups in total. The number of carbonyl (C=O) groups excluding carboxylic acids is 2. The number of hydrogen-bond donors (Lipinski definition) is 0. The van der Waals surface area contributed by atoms with Crippen LogP contribution in [-0.4, -0.2) is 17.1 Å². The van der Waals surface area contributed by atoms with Gasteiger partial charge in [-0.3, -0.25) is 14.5 Å². The number of halogens is 2. The first-order chi connectivity index (χ1) is 14.9. The Hall–Kier alpha value is -2.28. The van der Waals surface area contributed by atoms with E-state index in [-0.39, 0.29) is 17.1 Å². The summed E-state index contributed by atoms with van der Waals surface area (Å²) in [7, 11) is 0. The quantitative estimate of drug-likeness (QED) is 0.433. The molecule has 1 fully saturated rings. The molecule has 5 rings (SSSR count). The zero-order valence-corrected chi connectivity index (χ0v) is 19.7. The molecule has 0 bridgehead atoms. The Bertz CT molecular complexity index is 1200. The lowest BCUT2D eigenvalue weighted by Gasteiger charge is -2.33. The molecule has 2 aliphatic heterocycles. The minimum atomic E-state index is -1.12. The molecular formula is C24H18BrClN2O2S. The molecule has 7 heteroatoms. The fourth-order valence-electron chi connectivity index (χ4n) is 4.28. The van der Waals surface area contributed by atoms with Gasteiger partial charge in [-0.05, 0) is 48.9 Å². The van der Waals surface area contributed by atoms with Crippen molar-refractivity contribution in [1.29, 1.82) is 0 Å². The topological polar surface area (TPSA) is 40.6 Å². The van der Waals surface area contributed by atoms with Crippen LogP contribution < -0.4 is 9.80 Å². The summed E-state index contributed by atoms with van der Waals surface area (Å²) in [5.74, 6) is -0.175. The molecule has 0 radical (unpaired) electrons. The Balaban J connectivity index is 1.66. The van der Waals surface area contributed by atoms with Gasteiger partial charge in [0.1, 0.15) is 0 Å². The summed E-state index contributed by atoms with van der Waals surface area (Å²) in [6, 6.07) is 22.8. The summed E-state index contributed by atoms with van der Waals surface area (Å²) in [6.07, 6.45) is 0. The predicted molar refractivity (Wildman–Crippen MR) is 129 cm³/mol. The number of fused-ring (bicyclic) bond motifs is 2. The van der Waals surface area contributed by atoms with Gasteiger partial charge < -0.3 is 4.90 Å². The van der Waals surface area contributed by atoms with Gasteiger partial charge in [0, 0.05) is 20.7 Å². The van der Waals surface area contributed by atoms with E-state index in [1.54, 1.807) is 9.80 Å². The average molecular weight is 514 g/mol. The van der Waals surface area contributed by atoms with Crippen LogP contribution in [0.25, 0.3) is 0 Å². The largest absolute Gasteiger partial charge is 0.304 e. The first-order valence-corrected chi connectivity index (χ1v) is 11.9. The van der Waals surface area contributed by atoms with Crippen LogP contribution in [0.15, 0.2) is 77.3 Å². The average Bonchev–Trinajstić information content (AvgIpc) is 3.16. The van der Waals surface area contributed by atoms with Gasteiger partial charge >= 0.3 is 0 Å². The number of rotatable bonds is 3. The molecule has 2 amide bonds. The van der Waals surface area contributed by atoms with Gasteiger partial charge in [0.15, 0.2) is 0 Å². The first kappa shape index (κ1) is 20.6. The lowest BCUT2D eigenvalue weighted by atomic mass is 10.0. The number of thioether (sulfide) groups is 1. The standard InChI is InChI=1S/C24H18BrClN2O2S/c1-15-22(29)28(19-6-4-5-17(25)13-19)24(31-15)20-7-2-3-8-21(20)27(23(24)30)14-16-9-11-18(26)12-10-16/h2-13,15H,14H2,1H3. The van der Waals surface area contributed by atoms with Crippen LogP contribution in [0.1, 0.15) is 18.1 Å². The van der Waals surface area contributed by atoms with Gasteiger partial charge in [0.25, 0.3) is 5.91 Å². The molecule has 2 atom stereocenters. The summed E-state index contributed by atoms with van der Waals surface area (Å²) in [5.41, 5.74) is 3.35. The van der Waals surface area contributed by atoms with E-state index in [2.05, 4.69) is 15.9 Å². The second-order valence-electron chi connectivity index (χ2n) is 7.59. The van der Waals surface area contributed by atoms with E-state index >= 15 is 0 Å². The number of benzene rings is 3. The molecule has 1 saturated heterocycles. The van der Waals surface area contributed by atoms with E-state index in [1.165, 1.54) is 11.8 Å². The molecule has 4 nitrogen and oxygen atoms in total. The third kappa shape index (κ3) is 3.20. The molecule has 156 valence electrons. The molecule has 0 aliphatic carbocycles. The van der Waals surface area contributed by atoms with Crippen LogP contribution in [0.4, 0.5) is 11.4 Å². The monoisotopic (exact) mass is 512 g/mol. The molecule has 2 heterocycles. The third-order valence-corrected chi connectivity index (χ3v) is 7.86. The molecular weight excluding hydrogens is 496 g/mol. The maximum atomic E-state index is 14.1. The highest BCUT2D eigenvalue weighted by Crippen LogP contribution is 2.58. The van der Waals surface area contributed by atoms with E-state index in [1.807, 2.05) is 79.7 Å². The van der Waals surface area contributed by atoms with Gasteiger partial charge in [0.05, 0.1) is 17.5 Å². The van der Waals surface area contributed by atoms with E-state index in [0.29, 0.717) is 17.3 Å². The molecule has 2 aliphatic rings. The molecule has 1 spiro atoms. The maximum absolute atomic E-state index is 14.1. The number of carbonyl (C=O) groups is 2. The number of hydrogen-bond acceptors (Lipinski definition) is 3. The van der Waals surface area contributed by atoms with Crippen LogP contribution in [-0.2, 0) is 21.0 Å². The van der Waals surface area contributed by atoms with Gasteiger partial charge in [-0.15, -0.1) is 11.8 Å². The van der Waals surface area contributed by atoms with Crippen molar-refractivity contribution < 1.29 is 9.59 Å². The highest BCUT2D eigenvalue weighted by molar-refractivity contribution is 9.10. The van der Waals surface area contributed by atoms with Crippen LogP contribution in [0.2, 0.25) is 5.02 Å². The minimum Gasteiger partial charge on any atom is -0.304 e. The Morgan fingerprint density at radius 2 is 1.77 bits per heavy atom. The highest BCUT2D eigenvalue weighted by Gasteiger charge is 2.63. The van der Waals surface area contributed by atoms with Crippen LogP contribution in [0.5, 0.6) is 0 Å². The van der Waals surface area contributed by atoms with Crippen molar-refractivity contribution in [3.63, 3.8) is 0 Å². The summed E-state index contributed by atoms with van der Waals surface area (Å²) < 4.78 is 0.856. The summed E-state index contributed by atoms with van der Waals surface area (Å²) >= 11 is 10.9. The Morgan fingerprint density at radius 1 is 1.03 bits per heavy atom. The number of anilines is 2. The summed E-state index contributed by atoms with van der Waals surface area (Å²) in [6.45, 7) is 2.27. The van der Waals surface area contributed by atoms with Gasteiger partial charge in [-0.1, -0.05) is 63.9 Å². The molecule has 31 heavy (non-hydrogen) atoms.